The van der Waals surface area contributed by atoms with Crippen LogP contribution in [0.2, 0.25) is 5.02 Å². The standard InChI is InChI=1S/C23H20ClN5O2/c1-28-21(15-20(26-28)16-5-3-2-4-6-16)23(31)25-13-14-29-22(30)12-11-19(27-29)17-7-9-18(24)10-8-17/h2-12,15H,13-14H2,1H3,(H,25,31). The van der Waals surface area contributed by atoms with Crippen molar-refractivity contribution in [3.8, 4) is 22.5 Å². The molecule has 0 radical (unpaired) electrons. The molecule has 0 spiro atoms. The van der Waals surface area contributed by atoms with E-state index < -0.39 is 0 Å². The van der Waals surface area contributed by atoms with Crippen LogP contribution in [0, 0.1) is 0 Å². The number of halogens is 1. The molecular weight excluding hydrogens is 414 g/mol. The second-order valence-electron chi connectivity index (χ2n) is 6.95. The predicted molar refractivity (Wildman–Crippen MR) is 120 cm³/mol. The quantitative estimate of drug-likeness (QED) is 0.505. The molecule has 0 aliphatic rings. The normalized spacial score (nSPS) is 10.8. The molecule has 156 valence electrons. The molecule has 2 aromatic carbocycles. The minimum atomic E-state index is -0.265. The van der Waals surface area contributed by atoms with E-state index in [9.17, 15) is 9.59 Å². The fourth-order valence-electron chi connectivity index (χ4n) is 3.18. The monoisotopic (exact) mass is 433 g/mol. The first-order valence-electron chi connectivity index (χ1n) is 9.73. The maximum Gasteiger partial charge on any atom is 0.269 e. The molecule has 8 heteroatoms. The van der Waals surface area contributed by atoms with Gasteiger partial charge in [0.1, 0.15) is 5.69 Å². The van der Waals surface area contributed by atoms with Crippen molar-refractivity contribution in [1.29, 1.82) is 0 Å². The van der Waals surface area contributed by atoms with Gasteiger partial charge in [-0.25, -0.2) is 4.68 Å². The van der Waals surface area contributed by atoms with Gasteiger partial charge in [-0.15, -0.1) is 0 Å². The topological polar surface area (TPSA) is 81.8 Å². The summed E-state index contributed by atoms with van der Waals surface area (Å²) in [4.78, 5) is 24.8. The summed E-state index contributed by atoms with van der Waals surface area (Å²) in [6.07, 6.45) is 0. The number of aryl methyl sites for hydroxylation is 1. The van der Waals surface area contributed by atoms with Crippen molar-refractivity contribution in [2.24, 2.45) is 7.05 Å². The van der Waals surface area contributed by atoms with Crippen molar-refractivity contribution in [3.05, 3.63) is 93.9 Å². The summed E-state index contributed by atoms with van der Waals surface area (Å²) in [7, 11) is 1.73. The second kappa shape index (κ2) is 8.97. The minimum absolute atomic E-state index is 0.237. The molecule has 0 saturated heterocycles. The van der Waals surface area contributed by atoms with Crippen molar-refractivity contribution in [2.75, 3.05) is 6.54 Å². The van der Waals surface area contributed by atoms with Gasteiger partial charge in [0.2, 0.25) is 0 Å². The Kier molecular flexibility index (Phi) is 5.95. The lowest BCUT2D eigenvalue weighted by Crippen LogP contribution is -2.32. The van der Waals surface area contributed by atoms with E-state index in [0.717, 1.165) is 16.8 Å². The zero-order chi connectivity index (χ0) is 21.8. The summed E-state index contributed by atoms with van der Waals surface area (Å²) in [6.45, 7) is 0.497. The SMILES string of the molecule is Cn1nc(-c2ccccc2)cc1C(=O)NCCn1nc(-c2ccc(Cl)cc2)ccc1=O. The maximum absolute atomic E-state index is 12.6. The Labute approximate surface area is 183 Å². The molecule has 1 amide bonds. The number of hydrogen-bond acceptors (Lipinski definition) is 4. The van der Waals surface area contributed by atoms with Crippen molar-refractivity contribution in [1.82, 2.24) is 24.9 Å². The lowest BCUT2D eigenvalue weighted by atomic mass is 10.1. The number of aromatic nitrogens is 4. The summed E-state index contributed by atoms with van der Waals surface area (Å²) >= 11 is 5.93. The van der Waals surface area contributed by atoms with E-state index in [1.54, 1.807) is 36.0 Å². The van der Waals surface area contributed by atoms with Gasteiger partial charge in [-0.3, -0.25) is 14.3 Å². The number of rotatable bonds is 6. The first-order chi connectivity index (χ1) is 15.0. The molecule has 4 aromatic rings. The van der Waals surface area contributed by atoms with Crippen LogP contribution >= 0.6 is 11.6 Å². The highest BCUT2D eigenvalue weighted by Crippen LogP contribution is 2.19. The van der Waals surface area contributed by atoms with Gasteiger partial charge in [-0.2, -0.15) is 10.2 Å². The lowest BCUT2D eigenvalue weighted by molar-refractivity contribution is 0.0942. The summed E-state index contributed by atoms with van der Waals surface area (Å²) < 4.78 is 2.88. The zero-order valence-corrected chi connectivity index (χ0v) is 17.6. The van der Waals surface area contributed by atoms with Crippen molar-refractivity contribution >= 4 is 17.5 Å². The highest BCUT2D eigenvalue weighted by Gasteiger charge is 2.14. The first kappa shape index (κ1) is 20.6. The fraction of sp³-hybridized carbons (Fsp3) is 0.130. The average molecular weight is 434 g/mol. The Morgan fingerprint density at radius 1 is 0.935 bits per heavy atom. The molecular formula is C23H20ClN5O2. The smallest absolute Gasteiger partial charge is 0.269 e. The molecule has 1 N–H and O–H groups in total. The summed E-state index contributed by atoms with van der Waals surface area (Å²) in [5.41, 5.74) is 3.37. The van der Waals surface area contributed by atoms with Gasteiger partial charge in [0.05, 0.1) is 17.9 Å². The van der Waals surface area contributed by atoms with E-state index in [2.05, 4.69) is 15.5 Å². The summed E-state index contributed by atoms with van der Waals surface area (Å²) in [5, 5.41) is 12.3. The van der Waals surface area contributed by atoms with Crippen LogP contribution < -0.4 is 10.9 Å². The van der Waals surface area contributed by atoms with Crippen LogP contribution in [-0.2, 0) is 13.6 Å². The Hall–Kier alpha value is -3.71. The Morgan fingerprint density at radius 2 is 1.65 bits per heavy atom. The van der Waals surface area contributed by atoms with Crippen molar-refractivity contribution in [2.45, 2.75) is 6.54 Å². The van der Waals surface area contributed by atoms with Crippen LogP contribution in [0.3, 0.4) is 0 Å². The predicted octanol–water partition coefficient (Wildman–Crippen LogP) is 3.39. The number of carbonyl (C=O) groups excluding carboxylic acids is 1. The van der Waals surface area contributed by atoms with E-state index >= 15 is 0 Å². The highest BCUT2D eigenvalue weighted by atomic mass is 35.5. The van der Waals surface area contributed by atoms with Crippen LogP contribution in [0.4, 0.5) is 0 Å². The van der Waals surface area contributed by atoms with Gasteiger partial charge in [-0.05, 0) is 24.3 Å². The van der Waals surface area contributed by atoms with Crippen molar-refractivity contribution in [3.63, 3.8) is 0 Å². The van der Waals surface area contributed by atoms with Gasteiger partial charge < -0.3 is 5.32 Å². The molecule has 2 heterocycles. The average Bonchev–Trinajstić information content (AvgIpc) is 3.18. The van der Waals surface area contributed by atoms with E-state index in [0.29, 0.717) is 16.4 Å². The second-order valence-corrected chi connectivity index (χ2v) is 7.38. The number of hydrogen-bond donors (Lipinski definition) is 1. The third kappa shape index (κ3) is 4.73. The van der Waals surface area contributed by atoms with Crippen LogP contribution in [-0.4, -0.2) is 32.0 Å². The Morgan fingerprint density at radius 3 is 2.39 bits per heavy atom. The maximum atomic E-state index is 12.6. The molecule has 31 heavy (non-hydrogen) atoms. The van der Waals surface area contributed by atoms with Gasteiger partial charge in [0, 0.05) is 35.8 Å². The van der Waals surface area contributed by atoms with Gasteiger partial charge >= 0.3 is 0 Å². The van der Waals surface area contributed by atoms with Gasteiger partial charge in [0.15, 0.2) is 0 Å². The van der Waals surface area contributed by atoms with Gasteiger partial charge in [0.25, 0.3) is 11.5 Å². The Balaban J connectivity index is 1.43. The number of benzene rings is 2. The highest BCUT2D eigenvalue weighted by molar-refractivity contribution is 6.30. The van der Waals surface area contributed by atoms with E-state index in [1.165, 1.54) is 10.7 Å². The fourth-order valence-corrected chi connectivity index (χ4v) is 3.31. The van der Waals surface area contributed by atoms with E-state index in [-0.39, 0.29) is 24.6 Å². The first-order valence-corrected chi connectivity index (χ1v) is 10.1. The lowest BCUT2D eigenvalue weighted by Gasteiger charge is -2.09. The van der Waals surface area contributed by atoms with E-state index in [1.807, 2.05) is 42.5 Å². The third-order valence-electron chi connectivity index (χ3n) is 4.80. The van der Waals surface area contributed by atoms with Crippen molar-refractivity contribution < 1.29 is 4.79 Å². The molecule has 0 bridgehead atoms. The van der Waals surface area contributed by atoms with Gasteiger partial charge in [-0.1, -0.05) is 54.1 Å². The molecule has 2 aromatic heterocycles. The van der Waals surface area contributed by atoms with Crippen LogP contribution in [0.1, 0.15) is 10.5 Å². The molecule has 0 aliphatic carbocycles. The number of nitrogens with zero attached hydrogens (tertiary/aromatic N) is 4. The third-order valence-corrected chi connectivity index (χ3v) is 5.05. The molecule has 0 fully saturated rings. The van der Waals surface area contributed by atoms with E-state index in [4.69, 9.17) is 11.6 Å². The molecule has 0 unspecified atom stereocenters. The minimum Gasteiger partial charge on any atom is -0.349 e. The van der Waals surface area contributed by atoms with Crippen LogP contribution in [0.15, 0.2) is 77.6 Å². The number of nitrogens with one attached hydrogen (secondary N) is 1. The van der Waals surface area contributed by atoms with Crippen LogP contribution in [0.25, 0.3) is 22.5 Å². The van der Waals surface area contributed by atoms with Crippen LogP contribution in [0.5, 0.6) is 0 Å². The molecule has 0 aliphatic heterocycles. The molecule has 0 atom stereocenters. The number of amides is 1. The molecule has 4 rings (SSSR count). The summed E-state index contributed by atoms with van der Waals surface area (Å²) in [5.74, 6) is -0.265. The zero-order valence-electron chi connectivity index (χ0n) is 16.8. The Bertz CT molecular complexity index is 1260. The summed E-state index contributed by atoms with van der Waals surface area (Å²) in [6, 6.07) is 21.8. The number of carbonyl (C=O) groups is 1. The molecule has 7 nitrogen and oxygen atoms in total. The largest absolute Gasteiger partial charge is 0.349 e. The molecule has 0 saturated carbocycles.